The number of anilines is 1. The van der Waals surface area contributed by atoms with Crippen LogP contribution < -0.4 is 4.90 Å². The first kappa shape index (κ1) is 23.9. The van der Waals surface area contributed by atoms with Gasteiger partial charge in [-0.25, -0.2) is 0 Å². The second kappa shape index (κ2) is 10.2. The number of imide groups is 1. The molecule has 0 aliphatic carbocycles. The number of carbonyl (C=O) groups excluding carboxylic acids is 2. The number of hydrogen-bond acceptors (Lipinski definition) is 6. The van der Waals surface area contributed by atoms with Gasteiger partial charge in [-0.1, -0.05) is 36.4 Å². The van der Waals surface area contributed by atoms with Crippen molar-refractivity contribution in [2.45, 2.75) is 0 Å². The van der Waals surface area contributed by atoms with Gasteiger partial charge < -0.3 is 10.4 Å². The molecule has 7 nitrogen and oxygen atoms in total. The number of aromatic nitrogens is 1. The van der Waals surface area contributed by atoms with Crippen LogP contribution in [0.4, 0.5) is 5.00 Å². The number of halogens is 1. The van der Waals surface area contributed by atoms with Gasteiger partial charge in [0.25, 0.3) is 11.8 Å². The minimum absolute atomic E-state index is 0. The van der Waals surface area contributed by atoms with Gasteiger partial charge in [-0.3, -0.25) is 19.4 Å². The van der Waals surface area contributed by atoms with Crippen LogP contribution in [0.5, 0.6) is 0 Å². The molecular weight excluding hydrogens is 448 g/mol. The van der Waals surface area contributed by atoms with E-state index in [1.165, 1.54) is 15.3 Å². The Morgan fingerprint density at radius 3 is 2.12 bits per heavy atom. The maximum atomic E-state index is 12.4. The number of amides is 2. The van der Waals surface area contributed by atoms with Crippen LogP contribution in [0, 0.1) is 0 Å². The summed E-state index contributed by atoms with van der Waals surface area (Å²) in [6, 6.07) is 15.3. The molecule has 2 N–H and O–H groups in total. The molecule has 0 radical (unpaired) electrons. The standard InChI is InChI=1S/C23H22N4O2S.ClH.H2O/c28-21-17-7-1-2-8-18(17)22(29)27(21)12-6-5-11-25-13-15-26(16-14-25)23-19-9-3-4-10-20(19)24-30-23;;/h1-10H,11-16H2;1H;1H2/b6-5-;;. The topological polar surface area (TPSA) is 88.2 Å². The fourth-order valence-electron chi connectivity index (χ4n) is 4.05. The lowest BCUT2D eigenvalue weighted by Gasteiger charge is -2.34. The Balaban J connectivity index is 0.00000144. The van der Waals surface area contributed by atoms with Crippen LogP contribution in [-0.2, 0) is 0 Å². The van der Waals surface area contributed by atoms with E-state index in [9.17, 15) is 9.59 Å². The van der Waals surface area contributed by atoms with Crippen LogP contribution in [0.25, 0.3) is 10.9 Å². The maximum Gasteiger partial charge on any atom is 0.261 e. The van der Waals surface area contributed by atoms with Crippen LogP contribution in [0.1, 0.15) is 20.7 Å². The fraction of sp³-hybridized carbons (Fsp3) is 0.261. The molecule has 2 aliphatic heterocycles. The smallest absolute Gasteiger partial charge is 0.261 e. The van der Waals surface area contributed by atoms with Gasteiger partial charge in [-0.15, -0.1) is 12.4 Å². The largest absolute Gasteiger partial charge is 0.412 e. The van der Waals surface area contributed by atoms with Crippen LogP contribution in [0.3, 0.4) is 0 Å². The number of rotatable bonds is 5. The van der Waals surface area contributed by atoms with E-state index in [2.05, 4.69) is 38.4 Å². The SMILES string of the molecule is Cl.O.O=C1c2ccccc2C(=O)N1C/C=C\CN1CCN(c2snc3ccccc23)CC1. The first-order valence-corrected chi connectivity index (χ1v) is 10.9. The highest BCUT2D eigenvalue weighted by molar-refractivity contribution is 7.11. The van der Waals surface area contributed by atoms with Gasteiger partial charge in [0.05, 0.1) is 16.6 Å². The normalized spacial score (nSPS) is 16.4. The predicted molar refractivity (Wildman–Crippen MR) is 130 cm³/mol. The van der Waals surface area contributed by atoms with Crippen LogP contribution in [-0.4, -0.2) is 70.7 Å². The summed E-state index contributed by atoms with van der Waals surface area (Å²) in [5.41, 5.74) is 2.07. The molecule has 2 aliphatic rings. The minimum atomic E-state index is -0.203. The Labute approximate surface area is 196 Å². The van der Waals surface area contributed by atoms with Crippen molar-refractivity contribution < 1.29 is 15.1 Å². The molecular formula is C23H25ClN4O3S. The molecule has 0 unspecified atom stereocenters. The fourth-order valence-corrected chi connectivity index (χ4v) is 4.96. The van der Waals surface area contributed by atoms with E-state index in [1.807, 2.05) is 12.1 Å². The van der Waals surface area contributed by atoms with Gasteiger partial charge in [0, 0.05) is 44.7 Å². The number of hydrogen-bond donors (Lipinski definition) is 0. The summed E-state index contributed by atoms with van der Waals surface area (Å²) in [6.45, 7) is 5.03. The monoisotopic (exact) mass is 472 g/mol. The maximum absolute atomic E-state index is 12.4. The van der Waals surface area contributed by atoms with E-state index >= 15 is 0 Å². The first-order valence-electron chi connectivity index (χ1n) is 10.1. The molecule has 0 saturated carbocycles. The average Bonchev–Trinajstić information content (AvgIpc) is 3.32. The summed E-state index contributed by atoms with van der Waals surface area (Å²) >= 11 is 1.58. The van der Waals surface area contributed by atoms with Crippen molar-refractivity contribution in [3.63, 3.8) is 0 Å². The van der Waals surface area contributed by atoms with E-state index < -0.39 is 0 Å². The summed E-state index contributed by atoms with van der Waals surface area (Å²) < 4.78 is 4.55. The van der Waals surface area contributed by atoms with Gasteiger partial charge in [-0.05, 0) is 35.8 Å². The summed E-state index contributed by atoms with van der Waals surface area (Å²) in [7, 11) is 0. The molecule has 168 valence electrons. The lowest BCUT2D eigenvalue weighted by molar-refractivity contribution is 0.0672. The molecule has 1 aromatic heterocycles. The molecule has 9 heteroatoms. The van der Waals surface area contributed by atoms with Crippen molar-refractivity contribution in [1.29, 1.82) is 0 Å². The summed E-state index contributed by atoms with van der Waals surface area (Å²) in [6.07, 6.45) is 3.98. The first-order chi connectivity index (χ1) is 14.7. The Kier molecular flexibility index (Phi) is 7.63. The lowest BCUT2D eigenvalue weighted by Crippen LogP contribution is -2.46. The zero-order chi connectivity index (χ0) is 20.5. The Morgan fingerprint density at radius 2 is 1.44 bits per heavy atom. The van der Waals surface area contributed by atoms with E-state index in [4.69, 9.17) is 0 Å². The van der Waals surface area contributed by atoms with Crippen molar-refractivity contribution in [1.82, 2.24) is 14.2 Å². The molecule has 3 aromatic rings. The number of fused-ring (bicyclic) bond motifs is 2. The number of benzene rings is 2. The molecule has 0 atom stereocenters. The quantitative estimate of drug-likeness (QED) is 0.421. The van der Waals surface area contributed by atoms with Crippen molar-refractivity contribution in [3.8, 4) is 0 Å². The van der Waals surface area contributed by atoms with Crippen LogP contribution >= 0.6 is 23.9 Å². The average molecular weight is 473 g/mol. The molecule has 0 bridgehead atoms. The third-order valence-electron chi connectivity index (χ3n) is 5.72. The molecule has 32 heavy (non-hydrogen) atoms. The summed E-state index contributed by atoms with van der Waals surface area (Å²) in [5, 5.41) is 2.49. The number of carbonyl (C=O) groups is 2. The van der Waals surface area contributed by atoms with Crippen LogP contribution in [0.15, 0.2) is 60.7 Å². The molecule has 1 saturated heterocycles. The number of nitrogens with zero attached hydrogens (tertiary/aromatic N) is 4. The van der Waals surface area contributed by atoms with Crippen molar-refractivity contribution >= 4 is 51.7 Å². The second-order valence-corrected chi connectivity index (χ2v) is 8.28. The van der Waals surface area contributed by atoms with Crippen molar-refractivity contribution in [2.24, 2.45) is 0 Å². The van der Waals surface area contributed by atoms with Crippen LogP contribution in [0.2, 0.25) is 0 Å². The van der Waals surface area contributed by atoms with Gasteiger partial charge in [0.1, 0.15) is 5.00 Å². The molecule has 5 rings (SSSR count). The van der Waals surface area contributed by atoms with E-state index in [0.29, 0.717) is 17.7 Å². The van der Waals surface area contributed by atoms with E-state index in [1.54, 1.807) is 35.8 Å². The van der Waals surface area contributed by atoms with Crippen molar-refractivity contribution in [3.05, 3.63) is 71.8 Å². The zero-order valence-electron chi connectivity index (χ0n) is 17.4. The number of piperazine rings is 1. The molecule has 2 amide bonds. The van der Waals surface area contributed by atoms with Gasteiger partial charge >= 0.3 is 0 Å². The Hall–Kier alpha value is -2.78. The third-order valence-corrected chi connectivity index (χ3v) is 6.66. The van der Waals surface area contributed by atoms with Gasteiger partial charge in [0.2, 0.25) is 0 Å². The third kappa shape index (κ3) is 4.40. The molecule has 2 aromatic carbocycles. The molecule has 0 spiro atoms. The predicted octanol–water partition coefficient (Wildman–Crippen LogP) is 2.87. The second-order valence-electron chi connectivity index (χ2n) is 7.53. The minimum Gasteiger partial charge on any atom is -0.412 e. The highest BCUT2D eigenvalue weighted by Crippen LogP contribution is 2.31. The molecule has 1 fully saturated rings. The highest BCUT2D eigenvalue weighted by Gasteiger charge is 2.34. The van der Waals surface area contributed by atoms with E-state index in [-0.39, 0.29) is 29.7 Å². The van der Waals surface area contributed by atoms with Gasteiger partial charge in [0.15, 0.2) is 0 Å². The van der Waals surface area contributed by atoms with Crippen molar-refractivity contribution in [2.75, 3.05) is 44.2 Å². The zero-order valence-corrected chi connectivity index (χ0v) is 19.1. The Morgan fingerprint density at radius 1 is 0.844 bits per heavy atom. The summed E-state index contributed by atoms with van der Waals surface area (Å²) in [4.78, 5) is 30.9. The van der Waals surface area contributed by atoms with Gasteiger partial charge in [-0.2, -0.15) is 4.37 Å². The Bertz CT molecular complexity index is 1110. The van der Waals surface area contributed by atoms with E-state index in [0.717, 1.165) is 38.2 Å². The summed E-state index contributed by atoms with van der Waals surface area (Å²) in [5.74, 6) is -0.406. The highest BCUT2D eigenvalue weighted by atomic mass is 35.5. The molecule has 3 heterocycles. The lowest BCUT2D eigenvalue weighted by atomic mass is 10.1.